The van der Waals surface area contributed by atoms with Gasteiger partial charge >= 0.3 is 5.97 Å². The molecule has 0 unspecified atom stereocenters. The lowest BCUT2D eigenvalue weighted by atomic mass is 9.94. The molecule has 0 fully saturated rings. The number of carbonyl (C=O) groups excluding carboxylic acids is 3. The van der Waals surface area contributed by atoms with Gasteiger partial charge in [-0.05, 0) is 36.8 Å². The Hall–Kier alpha value is -2.73. The summed E-state index contributed by atoms with van der Waals surface area (Å²) in [7, 11) is 1.30. The second-order valence-corrected chi connectivity index (χ2v) is 6.10. The van der Waals surface area contributed by atoms with Crippen LogP contribution in [0.5, 0.6) is 0 Å². The van der Waals surface area contributed by atoms with Crippen molar-refractivity contribution in [3.63, 3.8) is 0 Å². The number of esters is 1. The molecule has 6 heteroatoms. The lowest BCUT2D eigenvalue weighted by Gasteiger charge is -2.27. The van der Waals surface area contributed by atoms with Crippen LogP contribution in [0.25, 0.3) is 10.8 Å². The van der Waals surface area contributed by atoms with Gasteiger partial charge in [-0.15, -0.1) is 0 Å². The summed E-state index contributed by atoms with van der Waals surface area (Å²) in [6.45, 7) is 0.302. The van der Waals surface area contributed by atoms with Crippen molar-refractivity contribution in [2.24, 2.45) is 5.73 Å². The fourth-order valence-electron chi connectivity index (χ4n) is 3.19. The summed E-state index contributed by atoms with van der Waals surface area (Å²) < 4.78 is 4.58. The molecule has 2 N–H and O–H groups in total. The van der Waals surface area contributed by atoms with Crippen LogP contribution >= 0.6 is 0 Å². The number of benzene rings is 2. The molecule has 130 valence electrons. The van der Waals surface area contributed by atoms with Gasteiger partial charge in [0.15, 0.2) is 0 Å². The average molecular weight is 340 g/mol. The first kappa shape index (κ1) is 17.1. The Kier molecular flexibility index (Phi) is 4.81. The first-order chi connectivity index (χ1) is 12.0. The van der Waals surface area contributed by atoms with E-state index in [1.54, 1.807) is 12.1 Å². The highest BCUT2D eigenvalue weighted by atomic mass is 16.5. The van der Waals surface area contributed by atoms with Crippen molar-refractivity contribution in [1.82, 2.24) is 4.90 Å². The number of imide groups is 1. The maximum atomic E-state index is 12.7. The van der Waals surface area contributed by atoms with Crippen molar-refractivity contribution in [2.75, 3.05) is 13.7 Å². The Labute approximate surface area is 145 Å². The summed E-state index contributed by atoms with van der Waals surface area (Å²) in [6.07, 6.45) is 1.66. The Balaban J connectivity index is 1.71. The highest BCUT2D eigenvalue weighted by Crippen LogP contribution is 2.30. The number of rotatable bonds is 6. The number of unbranched alkanes of at least 4 members (excludes halogenated alkanes) is 1. The standard InChI is InChI=1S/C19H20N2O4/c1-25-19(24)15(20)10-2-3-11-21-17(22)13-8-4-6-12-7-5-9-14(16(12)13)18(21)23/h4-9,15H,2-3,10-11,20H2,1H3/t15-/m0/s1. The van der Waals surface area contributed by atoms with Crippen molar-refractivity contribution >= 4 is 28.6 Å². The molecule has 2 aromatic rings. The number of hydrogen-bond donors (Lipinski definition) is 1. The Bertz CT molecular complexity index is 796. The van der Waals surface area contributed by atoms with E-state index in [1.165, 1.54) is 12.0 Å². The van der Waals surface area contributed by atoms with Crippen molar-refractivity contribution in [3.05, 3.63) is 47.5 Å². The van der Waals surface area contributed by atoms with Crippen molar-refractivity contribution in [3.8, 4) is 0 Å². The number of ether oxygens (including phenoxy) is 1. The van der Waals surface area contributed by atoms with Crippen molar-refractivity contribution in [1.29, 1.82) is 0 Å². The molecule has 0 bridgehead atoms. The van der Waals surface area contributed by atoms with E-state index in [0.29, 0.717) is 36.9 Å². The fourth-order valence-corrected chi connectivity index (χ4v) is 3.19. The van der Waals surface area contributed by atoms with Crippen LogP contribution < -0.4 is 5.73 Å². The van der Waals surface area contributed by atoms with Gasteiger partial charge in [0.1, 0.15) is 6.04 Å². The minimum atomic E-state index is -0.674. The van der Waals surface area contributed by atoms with Crippen molar-refractivity contribution in [2.45, 2.75) is 25.3 Å². The molecule has 1 aliphatic rings. The molecule has 1 heterocycles. The topological polar surface area (TPSA) is 89.7 Å². The Morgan fingerprint density at radius 1 is 1.08 bits per heavy atom. The van der Waals surface area contributed by atoms with Crippen molar-refractivity contribution < 1.29 is 19.1 Å². The van der Waals surface area contributed by atoms with Gasteiger partial charge in [0.25, 0.3) is 11.8 Å². The van der Waals surface area contributed by atoms with Crippen LogP contribution in [0.2, 0.25) is 0 Å². The van der Waals surface area contributed by atoms with Crippen LogP contribution in [0.3, 0.4) is 0 Å². The predicted octanol–water partition coefficient (Wildman–Crippen LogP) is 2.11. The predicted molar refractivity (Wildman–Crippen MR) is 93.2 cm³/mol. The summed E-state index contributed by atoms with van der Waals surface area (Å²) in [5, 5.41) is 1.62. The SMILES string of the molecule is COC(=O)[C@@H](N)CCCCN1C(=O)c2cccc3cccc(c23)C1=O. The monoisotopic (exact) mass is 340 g/mol. The van der Waals surface area contributed by atoms with E-state index in [9.17, 15) is 14.4 Å². The zero-order valence-electron chi connectivity index (χ0n) is 14.0. The summed E-state index contributed by atoms with van der Waals surface area (Å²) in [6, 6.07) is 10.3. The first-order valence-electron chi connectivity index (χ1n) is 8.26. The lowest BCUT2D eigenvalue weighted by molar-refractivity contribution is -0.142. The largest absolute Gasteiger partial charge is 0.468 e. The molecule has 0 spiro atoms. The molecule has 1 aliphatic heterocycles. The van der Waals surface area contributed by atoms with Crippen LogP contribution in [0.15, 0.2) is 36.4 Å². The summed E-state index contributed by atoms with van der Waals surface area (Å²) in [4.78, 5) is 38.0. The molecule has 2 aromatic carbocycles. The molecule has 0 saturated heterocycles. The Morgan fingerprint density at radius 3 is 2.24 bits per heavy atom. The minimum absolute atomic E-state index is 0.272. The molecular weight excluding hydrogens is 320 g/mol. The van der Waals surface area contributed by atoms with Gasteiger partial charge in [-0.2, -0.15) is 0 Å². The molecule has 0 aliphatic carbocycles. The van der Waals surface area contributed by atoms with Crippen LogP contribution in [-0.4, -0.2) is 42.4 Å². The third-order valence-corrected chi connectivity index (χ3v) is 4.51. The molecule has 1 atom stereocenters. The molecule has 3 rings (SSSR count). The summed E-state index contributed by atoms with van der Waals surface area (Å²) in [5.74, 6) is -0.996. The van der Waals surface area contributed by atoms with E-state index in [4.69, 9.17) is 5.73 Å². The van der Waals surface area contributed by atoms with E-state index in [-0.39, 0.29) is 11.8 Å². The molecular formula is C19H20N2O4. The molecule has 2 amide bonds. The van der Waals surface area contributed by atoms with Gasteiger partial charge in [0.2, 0.25) is 0 Å². The first-order valence-corrected chi connectivity index (χ1v) is 8.26. The van der Waals surface area contributed by atoms with Gasteiger partial charge in [0.05, 0.1) is 7.11 Å². The maximum Gasteiger partial charge on any atom is 0.322 e. The van der Waals surface area contributed by atoms with E-state index >= 15 is 0 Å². The number of nitrogens with two attached hydrogens (primary N) is 1. The third kappa shape index (κ3) is 3.13. The highest BCUT2D eigenvalue weighted by Gasteiger charge is 2.32. The van der Waals surface area contributed by atoms with Gasteiger partial charge in [-0.1, -0.05) is 24.3 Å². The fraction of sp³-hybridized carbons (Fsp3) is 0.316. The zero-order valence-corrected chi connectivity index (χ0v) is 14.0. The minimum Gasteiger partial charge on any atom is -0.468 e. The Morgan fingerprint density at radius 2 is 1.68 bits per heavy atom. The summed E-state index contributed by atoms with van der Waals surface area (Å²) in [5.41, 5.74) is 6.80. The van der Waals surface area contributed by atoms with Gasteiger partial charge in [-0.3, -0.25) is 19.3 Å². The second kappa shape index (κ2) is 7.03. The quantitative estimate of drug-likeness (QED) is 0.494. The van der Waals surface area contributed by atoms with Crippen LogP contribution in [0.1, 0.15) is 40.0 Å². The number of amides is 2. The molecule has 0 saturated carbocycles. The van der Waals surface area contributed by atoms with Crippen LogP contribution in [0, 0.1) is 0 Å². The van der Waals surface area contributed by atoms with E-state index in [0.717, 1.165) is 10.8 Å². The van der Waals surface area contributed by atoms with Gasteiger partial charge in [-0.25, -0.2) is 0 Å². The number of nitrogens with zero attached hydrogens (tertiary/aromatic N) is 1. The molecule has 6 nitrogen and oxygen atoms in total. The number of methoxy groups -OCH3 is 1. The number of carbonyl (C=O) groups is 3. The normalized spacial score (nSPS) is 14.7. The highest BCUT2D eigenvalue weighted by molar-refractivity contribution is 6.25. The zero-order chi connectivity index (χ0) is 18.0. The number of hydrogen-bond acceptors (Lipinski definition) is 5. The molecule has 25 heavy (non-hydrogen) atoms. The smallest absolute Gasteiger partial charge is 0.322 e. The summed E-state index contributed by atoms with van der Waals surface area (Å²) >= 11 is 0. The third-order valence-electron chi connectivity index (χ3n) is 4.51. The van der Waals surface area contributed by atoms with Gasteiger partial charge < -0.3 is 10.5 Å². The molecule has 0 radical (unpaired) electrons. The van der Waals surface area contributed by atoms with Crippen LogP contribution in [-0.2, 0) is 9.53 Å². The van der Waals surface area contributed by atoms with E-state index in [1.807, 2.05) is 24.3 Å². The van der Waals surface area contributed by atoms with Gasteiger partial charge in [0, 0.05) is 23.1 Å². The average Bonchev–Trinajstić information content (AvgIpc) is 2.64. The second-order valence-electron chi connectivity index (χ2n) is 6.10. The van der Waals surface area contributed by atoms with E-state index < -0.39 is 12.0 Å². The maximum absolute atomic E-state index is 12.7. The molecule has 0 aromatic heterocycles. The van der Waals surface area contributed by atoms with Crippen LogP contribution in [0.4, 0.5) is 0 Å². The lowest BCUT2D eigenvalue weighted by Crippen LogP contribution is -2.41. The van der Waals surface area contributed by atoms with E-state index in [2.05, 4.69) is 4.74 Å².